The normalized spacial score (nSPS) is 10.5. The maximum Gasteiger partial charge on any atom is 0.174 e. The van der Waals surface area contributed by atoms with Crippen LogP contribution in [0.5, 0.6) is 0 Å². The van der Waals surface area contributed by atoms with E-state index in [9.17, 15) is 13.6 Å². The Morgan fingerprint density at radius 1 is 1.11 bits per heavy atom. The highest BCUT2D eigenvalue weighted by Gasteiger charge is 2.18. The van der Waals surface area contributed by atoms with E-state index in [0.29, 0.717) is 5.69 Å². The predicted octanol–water partition coefficient (Wildman–Crippen LogP) is 4.31. The predicted molar refractivity (Wildman–Crippen MR) is 74.0 cm³/mol. The highest BCUT2D eigenvalue weighted by molar-refractivity contribution is 9.10. The van der Waals surface area contributed by atoms with Crippen molar-refractivity contribution in [1.82, 2.24) is 4.98 Å². The Labute approximate surface area is 125 Å². The summed E-state index contributed by atoms with van der Waals surface area (Å²) in [6, 6.07) is 5.46. The molecule has 0 unspecified atom stereocenters. The molecule has 1 heterocycles. The van der Waals surface area contributed by atoms with Gasteiger partial charge in [0, 0.05) is 20.8 Å². The number of hydrogen-bond acceptors (Lipinski definition) is 2. The van der Waals surface area contributed by atoms with Gasteiger partial charge in [-0.15, -0.1) is 0 Å². The summed E-state index contributed by atoms with van der Waals surface area (Å²) in [7, 11) is 0. The van der Waals surface area contributed by atoms with E-state index < -0.39 is 23.0 Å². The van der Waals surface area contributed by atoms with Gasteiger partial charge in [0.15, 0.2) is 5.78 Å². The number of carbonyl (C=O) groups is 1. The lowest BCUT2D eigenvalue weighted by Gasteiger charge is -2.05. The van der Waals surface area contributed by atoms with Crippen molar-refractivity contribution >= 4 is 37.6 Å². The van der Waals surface area contributed by atoms with Crippen LogP contribution in [0.4, 0.5) is 8.78 Å². The van der Waals surface area contributed by atoms with Crippen LogP contribution < -0.4 is 0 Å². The van der Waals surface area contributed by atoms with Crippen LogP contribution in [0.1, 0.15) is 16.1 Å². The number of benzene rings is 1. The molecule has 19 heavy (non-hydrogen) atoms. The molecule has 1 aromatic heterocycles. The first-order valence-electron chi connectivity index (χ1n) is 5.25. The largest absolute Gasteiger partial charge is 0.294 e. The monoisotopic (exact) mass is 389 g/mol. The molecule has 0 fully saturated rings. The van der Waals surface area contributed by atoms with Gasteiger partial charge < -0.3 is 0 Å². The van der Waals surface area contributed by atoms with E-state index in [0.717, 1.165) is 16.6 Å². The molecular weight excluding hydrogens is 384 g/mol. The molecule has 0 aliphatic carbocycles. The van der Waals surface area contributed by atoms with Crippen molar-refractivity contribution in [3.8, 4) is 0 Å². The zero-order valence-electron chi connectivity index (χ0n) is 9.46. The number of pyridine rings is 1. The van der Waals surface area contributed by atoms with E-state index in [-0.39, 0.29) is 10.9 Å². The van der Waals surface area contributed by atoms with E-state index in [1.165, 1.54) is 6.20 Å². The number of carbonyl (C=O) groups excluding carboxylic acids is 1. The van der Waals surface area contributed by atoms with Crippen molar-refractivity contribution in [3.05, 3.63) is 62.3 Å². The van der Waals surface area contributed by atoms with Gasteiger partial charge in [-0.25, -0.2) is 8.78 Å². The molecule has 2 rings (SSSR count). The summed E-state index contributed by atoms with van der Waals surface area (Å²) in [6.07, 6.45) is 1.37. The molecule has 0 saturated carbocycles. The lowest BCUT2D eigenvalue weighted by molar-refractivity contribution is 0.0984. The van der Waals surface area contributed by atoms with E-state index in [1.807, 2.05) is 0 Å². The van der Waals surface area contributed by atoms with Gasteiger partial charge in [0.1, 0.15) is 11.6 Å². The van der Waals surface area contributed by atoms with Gasteiger partial charge in [0.05, 0.1) is 12.0 Å². The summed E-state index contributed by atoms with van der Waals surface area (Å²) in [4.78, 5) is 15.9. The van der Waals surface area contributed by atoms with Crippen molar-refractivity contribution in [3.63, 3.8) is 0 Å². The molecular formula is C13H7Br2F2NO. The van der Waals surface area contributed by atoms with E-state index in [2.05, 4.69) is 36.8 Å². The number of nitrogens with zero attached hydrogens (tertiary/aromatic N) is 1. The first kappa shape index (κ1) is 14.3. The number of Topliss-reactive ketones (excluding diaryl/α,β-unsaturated/α-hetero) is 1. The average Bonchev–Trinajstić information content (AvgIpc) is 2.30. The van der Waals surface area contributed by atoms with Crippen LogP contribution in [-0.4, -0.2) is 10.8 Å². The third kappa shape index (κ3) is 3.45. The smallest absolute Gasteiger partial charge is 0.174 e. The minimum absolute atomic E-state index is 0.150. The molecule has 2 aromatic rings. The third-order valence-corrected chi connectivity index (χ3v) is 3.34. The number of aromatic nitrogens is 1. The second kappa shape index (κ2) is 5.88. The lowest BCUT2D eigenvalue weighted by Crippen LogP contribution is -2.10. The standard InChI is InChI=1S/C13H7Br2F2NO/c14-7-1-2-9(18-6-7)5-12(19)13-10(16)3-8(15)4-11(13)17/h1-4,6H,5H2. The topological polar surface area (TPSA) is 30.0 Å². The first-order valence-corrected chi connectivity index (χ1v) is 6.84. The number of rotatable bonds is 3. The van der Waals surface area contributed by atoms with Gasteiger partial charge in [0.25, 0.3) is 0 Å². The average molecular weight is 391 g/mol. The molecule has 0 N–H and O–H groups in total. The molecule has 0 aliphatic rings. The fraction of sp³-hybridized carbons (Fsp3) is 0.0769. The summed E-state index contributed by atoms with van der Waals surface area (Å²) >= 11 is 6.18. The molecule has 2 nitrogen and oxygen atoms in total. The highest BCUT2D eigenvalue weighted by Crippen LogP contribution is 2.21. The quantitative estimate of drug-likeness (QED) is 0.731. The molecule has 0 radical (unpaired) electrons. The van der Waals surface area contributed by atoms with Crippen LogP contribution in [-0.2, 0) is 6.42 Å². The zero-order valence-corrected chi connectivity index (χ0v) is 12.6. The van der Waals surface area contributed by atoms with E-state index in [1.54, 1.807) is 12.1 Å². The van der Waals surface area contributed by atoms with Gasteiger partial charge in [-0.2, -0.15) is 0 Å². The van der Waals surface area contributed by atoms with Crippen LogP contribution in [0.2, 0.25) is 0 Å². The molecule has 0 aliphatic heterocycles. The van der Waals surface area contributed by atoms with Crippen molar-refractivity contribution in [1.29, 1.82) is 0 Å². The molecule has 6 heteroatoms. The van der Waals surface area contributed by atoms with E-state index in [4.69, 9.17) is 0 Å². The second-order valence-corrected chi connectivity index (χ2v) is 5.64. The summed E-state index contributed by atoms with van der Waals surface area (Å²) in [5, 5.41) is 0. The molecule has 0 spiro atoms. The van der Waals surface area contributed by atoms with Crippen LogP contribution in [0, 0.1) is 11.6 Å². The number of halogens is 4. The Morgan fingerprint density at radius 3 is 2.26 bits per heavy atom. The molecule has 0 saturated heterocycles. The Morgan fingerprint density at radius 2 is 1.74 bits per heavy atom. The summed E-state index contributed by atoms with van der Waals surface area (Å²) < 4.78 is 28.2. The van der Waals surface area contributed by atoms with Crippen LogP contribution >= 0.6 is 31.9 Å². The van der Waals surface area contributed by atoms with Gasteiger partial charge >= 0.3 is 0 Å². The number of hydrogen-bond donors (Lipinski definition) is 0. The summed E-state index contributed by atoms with van der Waals surface area (Å²) in [6.45, 7) is 0. The van der Waals surface area contributed by atoms with Crippen LogP contribution in [0.15, 0.2) is 39.4 Å². The maximum absolute atomic E-state index is 13.6. The fourth-order valence-electron chi connectivity index (χ4n) is 1.57. The first-order chi connectivity index (χ1) is 8.97. The lowest BCUT2D eigenvalue weighted by atomic mass is 10.1. The molecule has 0 atom stereocenters. The van der Waals surface area contributed by atoms with Gasteiger partial charge in [0.2, 0.25) is 0 Å². The Hall–Kier alpha value is -1.14. The summed E-state index contributed by atoms with van der Waals surface area (Å²) in [5.74, 6) is -2.40. The van der Waals surface area contributed by atoms with Crippen LogP contribution in [0.3, 0.4) is 0 Å². The highest BCUT2D eigenvalue weighted by atomic mass is 79.9. The minimum Gasteiger partial charge on any atom is -0.294 e. The van der Waals surface area contributed by atoms with E-state index >= 15 is 0 Å². The van der Waals surface area contributed by atoms with Gasteiger partial charge in [-0.05, 0) is 40.2 Å². The Kier molecular flexibility index (Phi) is 4.42. The number of ketones is 1. The maximum atomic E-state index is 13.6. The third-order valence-electron chi connectivity index (χ3n) is 2.42. The second-order valence-electron chi connectivity index (χ2n) is 3.81. The summed E-state index contributed by atoms with van der Waals surface area (Å²) in [5.41, 5.74) is -0.0807. The Bertz CT molecular complexity index is 606. The molecule has 0 amide bonds. The van der Waals surface area contributed by atoms with Crippen molar-refractivity contribution in [2.24, 2.45) is 0 Å². The SMILES string of the molecule is O=C(Cc1ccc(Br)cn1)c1c(F)cc(Br)cc1F. The molecule has 98 valence electrons. The van der Waals surface area contributed by atoms with Crippen LogP contribution in [0.25, 0.3) is 0 Å². The fourth-order valence-corrected chi connectivity index (χ4v) is 2.21. The van der Waals surface area contributed by atoms with Crippen molar-refractivity contribution < 1.29 is 13.6 Å². The minimum atomic E-state index is -0.881. The Balaban J connectivity index is 2.28. The molecule has 1 aromatic carbocycles. The van der Waals surface area contributed by atoms with Gasteiger partial charge in [-0.3, -0.25) is 9.78 Å². The zero-order chi connectivity index (χ0) is 14.0. The van der Waals surface area contributed by atoms with Crippen molar-refractivity contribution in [2.45, 2.75) is 6.42 Å². The van der Waals surface area contributed by atoms with Crippen molar-refractivity contribution in [2.75, 3.05) is 0 Å². The van der Waals surface area contributed by atoms with Gasteiger partial charge in [-0.1, -0.05) is 15.9 Å². The molecule has 0 bridgehead atoms.